The van der Waals surface area contributed by atoms with Gasteiger partial charge in [0.2, 0.25) is 0 Å². The SMILES string of the molecule is CCC(C)(C)C(Cl)Cc1ccc(Cl)c(Cl)c1. The summed E-state index contributed by atoms with van der Waals surface area (Å²) in [5, 5.41) is 1.29. The van der Waals surface area contributed by atoms with Crippen LogP contribution in [0.3, 0.4) is 0 Å². The smallest absolute Gasteiger partial charge is 0.0595 e. The Kier molecular flexibility index (Phi) is 4.97. The summed E-state index contributed by atoms with van der Waals surface area (Å²) in [4.78, 5) is 0. The molecule has 1 unspecified atom stereocenters. The summed E-state index contributed by atoms with van der Waals surface area (Å²) in [6.07, 6.45) is 1.88. The lowest BCUT2D eigenvalue weighted by Crippen LogP contribution is -2.25. The van der Waals surface area contributed by atoms with Gasteiger partial charge in [0.25, 0.3) is 0 Å². The molecule has 0 heterocycles. The van der Waals surface area contributed by atoms with Gasteiger partial charge in [0.05, 0.1) is 10.0 Å². The normalized spacial score (nSPS) is 13.9. The second kappa shape index (κ2) is 5.62. The van der Waals surface area contributed by atoms with Crippen LogP contribution in [0.4, 0.5) is 0 Å². The van der Waals surface area contributed by atoms with Crippen LogP contribution in [0.15, 0.2) is 18.2 Å². The van der Waals surface area contributed by atoms with Crippen LogP contribution in [0.25, 0.3) is 0 Å². The maximum atomic E-state index is 6.42. The average Bonchev–Trinajstić information content (AvgIpc) is 2.23. The van der Waals surface area contributed by atoms with Gasteiger partial charge in [0.1, 0.15) is 0 Å². The lowest BCUT2D eigenvalue weighted by atomic mass is 9.83. The highest BCUT2D eigenvalue weighted by Crippen LogP contribution is 2.32. The van der Waals surface area contributed by atoms with Gasteiger partial charge in [-0.25, -0.2) is 0 Å². The van der Waals surface area contributed by atoms with Crippen molar-refractivity contribution in [3.8, 4) is 0 Å². The lowest BCUT2D eigenvalue weighted by Gasteiger charge is -2.28. The van der Waals surface area contributed by atoms with E-state index in [1.807, 2.05) is 18.2 Å². The molecule has 0 aromatic heterocycles. The largest absolute Gasteiger partial charge is 0.122 e. The first kappa shape index (κ1) is 14.2. The van der Waals surface area contributed by atoms with E-state index in [1.54, 1.807) is 0 Å². The second-order valence-corrected chi connectivity index (χ2v) is 6.10. The van der Waals surface area contributed by atoms with Gasteiger partial charge in [0.15, 0.2) is 0 Å². The van der Waals surface area contributed by atoms with E-state index in [9.17, 15) is 0 Å². The van der Waals surface area contributed by atoms with E-state index in [-0.39, 0.29) is 10.8 Å². The first-order valence-corrected chi connectivity index (χ1v) is 6.64. The van der Waals surface area contributed by atoms with E-state index in [4.69, 9.17) is 34.8 Å². The number of benzene rings is 1. The van der Waals surface area contributed by atoms with Crippen LogP contribution >= 0.6 is 34.8 Å². The average molecular weight is 280 g/mol. The van der Waals surface area contributed by atoms with Gasteiger partial charge >= 0.3 is 0 Å². The zero-order chi connectivity index (χ0) is 12.3. The molecule has 1 aromatic rings. The van der Waals surface area contributed by atoms with Crippen LogP contribution in [0, 0.1) is 5.41 Å². The zero-order valence-electron chi connectivity index (χ0n) is 9.86. The van der Waals surface area contributed by atoms with Gasteiger partial charge in [-0.2, -0.15) is 0 Å². The molecule has 1 atom stereocenters. The molecule has 0 saturated heterocycles. The van der Waals surface area contributed by atoms with Crippen LogP contribution in [0.2, 0.25) is 10.0 Å². The van der Waals surface area contributed by atoms with Crippen LogP contribution in [0.5, 0.6) is 0 Å². The van der Waals surface area contributed by atoms with Crippen molar-refractivity contribution in [2.75, 3.05) is 0 Å². The maximum absolute atomic E-state index is 6.42. The Morgan fingerprint density at radius 1 is 1.19 bits per heavy atom. The van der Waals surface area contributed by atoms with E-state index in [0.29, 0.717) is 10.0 Å². The third-order valence-corrected chi connectivity index (χ3v) is 4.64. The number of alkyl halides is 1. The van der Waals surface area contributed by atoms with Crippen molar-refractivity contribution in [1.82, 2.24) is 0 Å². The molecule has 0 fully saturated rings. The van der Waals surface area contributed by atoms with Crippen molar-refractivity contribution in [3.05, 3.63) is 33.8 Å². The Hall–Kier alpha value is 0.0900. The van der Waals surface area contributed by atoms with Crippen molar-refractivity contribution in [2.45, 2.75) is 39.0 Å². The maximum Gasteiger partial charge on any atom is 0.0595 e. The molecule has 0 nitrogen and oxygen atoms in total. The molecule has 0 aliphatic heterocycles. The van der Waals surface area contributed by atoms with Crippen molar-refractivity contribution in [2.24, 2.45) is 5.41 Å². The highest BCUT2D eigenvalue weighted by Gasteiger charge is 2.25. The monoisotopic (exact) mass is 278 g/mol. The minimum absolute atomic E-state index is 0.106. The van der Waals surface area contributed by atoms with Crippen molar-refractivity contribution in [1.29, 1.82) is 0 Å². The number of hydrogen-bond donors (Lipinski definition) is 0. The van der Waals surface area contributed by atoms with E-state index in [1.165, 1.54) is 0 Å². The molecule has 0 radical (unpaired) electrons. The first-order chi connectivity index (χ1) is 7.36. The molecule has 16 heavy (non-hydrogen) atoms. The molecular weight excluding hydrogens is 263 g/mol. The minimum Gasteiger partial charge on any atom is -0.122 e. The van der Waals surface area contributed by atoms with Gasteiger partial charge in [-0.3, -0.25) is 0 Å². The molecule has 0 N–H and O–H groups in total. The van der Waals surface area contributed by atoms with E-state index in [2.05, 4.69) is 20.8 Å². The van der Waals surface area contributed by atoms with Gasteiger partial charge in [0, 0.05) is 5.38 Å². The third-order valence-electron chi connectivity index (χ3n) is 3.16. The molecule has 1 rings (SSSR count). The zero-order valence-corrected chi connectivity index (χ0v) is 12.1. The van der Waals surface area contributed by atoms with Crippen molar-refractivity contribution < 1.29 is 0 Å². The molecule has 0 aliphatic rings. The van der Waals surface area contributed by atoms with E-state index < -0.39 is 0 Å². The molecule has 0 aliphatic carbocycles. The van der Waals surface area contributed by atoms with Crippen LogP contribution in [0.1, 0.15) is 32.8 Å². The predicted octanol–water partition coefficient (Wildman–Crippen LogP) is 5.58. The molecule has 0 saturated carbocycles. The van der Waals surface area contributed by atoms with E-state index >= 15 is 0 Å². The fourth-order valence-corrected chi connectivity index (χ4v) is 2.02. The van der Waals surface area contributed by atoms with Crippen molar-refractivity contribution in [3.63, 3.8) is 0 Å². The Morgan fingerprint density at radius 3 is 2.31 bits per heavy atom. The standard InChI is InChI=1S/C13H17Cl3/c1-4-13(2,3)12(16)8-9-5-6-10(14)11(15)7-9/h5-7,12H,4,8H2,1-3H3. The van der Waals surface area contributed by atoms with Gasteiger partial charge in [-0.15, -0.1) is 11.6 Å². The number of hydrogen-bond acceptors (Lipinski definition) is 0. The molecule has 0 bridgehead atoms. The summed E-state index contributed by atoms with van der Waals surface area (Å²) in [5.74, 6) is 0. The van der Waals surface area contributed by atoms with Gasteiger partial charge < -0.3 is 0 Å². The first-order valence-electron chi connectivity index (χ1n) is 5.45. The highest BCUT2D eigenvalue weighted by atomic mass is 35.5. The summed E-state index contributed by atoms with van der Waals surface area (Å²) in [6.45, 7) is 6.52. The quantitative estimate of drug-likeness (QED) is 0.631. The molecule has 1 aromatic carbocycles. The molecule has 3 heteroatoms. The third kappa shape index (κ3) is 3.55. The van der Waals surface area contributed by atoms with Crippen LogP contribution in [-0.2, 0) is 6.42 Å². The van der Waals surface area contributed by atoms with Crippen molar-refractivity contribution >= 4 is 34.8 Å². The lowest BCUT2D eigenvalue weighted by molar-refractivity contribution is 0.330. The Balaban J connectivity index is 2.77. The fraction of sp³-hybridized carbons (Fsp3) is 0.538. The predicted molar refractivity (Wildman–Crippen MR) is 73.9 cm³/mol. The summed E-state index contributed by atoms with van der Waals surface area (Å²) in [5.41, 5.74) is 1.27. The summed E-state index contributed by atoms with van der Waals surface area (Å²) < 4.78 is 0. The minimum atomic E-state index is 0.106. The van der Waals surface area contributed by atoms with Crippen LogP contribution < -0.4 is 0 Å². The second-order valence-electron chi connectivity index (χ2n) is 4.76. The molecule has 0 amide bonds. The number of halogens is 3. The molecular formula is C13H17Cl3. The Bertz CT molecular complexity index is 358. The van der Waals surface area contributed by atoms with Gasteiger partial charge in [-0.05, 0) is 36.0 Å². The highest BCUT2D eigenvalue weighted by molar-refractivity contribution is 6.42. The summed E-state index contributed by atoms with van der Waals surface area (Å²) in [7, 11) is 0. The topological polar surface area (TPSA) is 0 Å². The van der Waals surface area contributed by atoms with E-state index in [0.717, 1.165) is 18.4 Å². The van der Waals surface area contributed by atoms with Crippen LogP contribution in [-0.4, -0.2) is 5.38 Å². The Morgan fingerprint density at radius 2 is 1.81 bits per heavy atom. The molecule has 0 spiro atoms. The Labute approximate surface area is 113 Å². The summed E-state index contributed by atoms with van der Waals surface area (Å²) >= 11 is 18.3. The number of rotatable bonds is 4. The fourth-order valence-electron chi connectivity index (χ4n) is 1.37. The molecule has 90 valence electrons. The summed E-state index contributed by atoms with van der Waals surface area (Å²) in [6, 6.07) is 5.70. The van der Waals surface area contributed by atoms with Gasteiger partial charge in [-0.1, -0.05) is 50.0 Å².